The number of thiocarbonyl (C=S) groups is 1. The maximum absolute atomic E-state index is 13.3. The van der Waals surface area contributed by atoms with Crippen molar-refractivity contribution in [1.29, 1.82) is 0 Å². The van der Waals surface area contributed by atoms with Gasteiger partial charge < -0.3 is 9.47 Å². The van der Waals surface area contributed by atoms with Crippen molar-refractivity contribution >= 4 is 51.6 Å². The van der Waals surface area contributed by atoms with Crippen molar-refractivity contribution in [2.24, 2.45) is 0 Å². The number of hydrogen-bond donors (Lipinski definition) is 0. The first-order chi connectivity index (χ1) is 16.7. The van der Waals surface area contributed by atoms with Crippen LogP contribution in [0.1, 0.15) is 11.1 Å². The summed E-state index contributed by atoms with van der Waals surface area (Å²) in [6.45, 7) is 0.589. The number of carbonyl (C=O) groups excluding carboxylic acids is 1. The normalized spacial score (nSPS) is 16.1. The van der Waals surface area contributed by atoms with Crippen LogP contribution in [0.25, 0.3) is 22.3 Å². The number of para-hydroxylation sites is 1. The molecule has 6 nitrogen and oxygen atoms in total. The monoisotopic (exact) mass is 503 g/mol. The van der Waals surface area contributed by atoms with E-state index in [4.69, 9.17) is 26.8 Å². The van der Waals surface area contributed by atoms with E-state index in [1.165, 1.54) is 11.8 Å². The number of carbonyl (C=O) groups is 1. The van der Waals surface area contributed by atoms with E-state index in [1.807, 2.05) is 83.0 Å². The van der Waals surface area contributed by atoms with Gasteiger partial charge in [-0.25, -0.2) is 4.68 Å². The van der Waals surface area contributed by atoms with E-state index < -0.39 is 0 Å². The molecule has 0 spiro atoms. The third kappa shape index (κ3) is 3.91. The molecule has 2 aromatic heterocycles. The molecule has 2 aromatic carbocycles. The number of fused-ring (bicyclic) bond motifs is 1. The smallest absolute Gasteiger partial charge is 0.266 e. The molecular weight excluding hydrogens is 486 g/mol. The maximum atomic E-state index is 13.3. The second kappa shape index (κ2) is 8.75. The Morgan fingerprint density at radius 2 is 1.91 bits per heavy atom. The van der Waals surface area contributed by atoms with Crippen molar-refractivity contribution in [2.45, 2.75) is 6.54 Å². The van der Waals surface area contributed by atoms with E-state index in [0.717, 1.165) is 27.4 Å². The molecule has 4 heterocycles. The number of ether oxygens (including phenoxy) is 2. The van der Waals surface area contributed by atoms with Gasteiger partial charge in [-0.05, 0) is 47.4 Å². The Bertz CT molecular complexity index is 1430. The van der Waals surface area contributed by atoms with E-state index in [0.29, 0.717) is 27.3 Å². The van der Waals surface area contributed by atoms with Gasteiger partial charge in [0.25, 0.3) is 5.91 Å². The molecule has 0 atom stereocenters. The van der Waals surface area contributed by atoms with Crippen molar-refractivity contribution < 1.29 is 14.3 Å². The van der Waals surface area contributed by atoms with Crippen LogP contribution in [-0.4, -0.2) is 31.7 Å². The summed E-state index contributed by atoms with van der Waals surface area (Å²) in [6, 6.07) is 19.6. The molecule has 1 amide bonds. The van der Waals surface area contributed by atoms with Crippen LogP contribution in [0.3, 0.4) is 0 Å². The summed E-state index contributed by atoms with van der Waals surface area (Å²) >= 11 is 8.48. The summed E-state index contributed by atoms with van der Waals surface area (Å²) in [7, 11) is 0. The minimum atomic E-state index is -0.114. The van der Waals surface area contributed by atoms with Crippen molar-refractivity contribution in [1.82, 2.24) is 14.7 Å². The molecule has 9 heteroatoms. The third-order valence-corrected chi connectivity index (χ3v) is 7.71. The number of rotatable bonds is 5. The predicted octanol–water partition coefficient (Wildman–Crippen LogP) is 5.73. The molecule has 0 bridgehead atoms. The number of benzene rings is 2. The Balaban J connectivity index is 1.32. The molecule has 1 saturated heterocycles. The number of nitrogens with zero attached hydrogens (tertiary/aromatic N) is 3. The topological polar surface area (TPSA) is 56.6 Å². The fourth-order valence-corrected chi connectivity index (χ4v) is 5.79. The summed E-state index contributed by atoms with van der Waals surface area (Å²) in [4.78, 5) is 16.5. The molecule has 0 radical (unpaired) electrons. The predicted molar refractivity (Wildman–Crippen MR) is 138 cm³/mol. The standard InChI is InChI=1S/C25H17N3O3S3/c29-24-22(34-25(32)27(24)13-16-8-9-19-20(11-16)31-15-30-19)12-17-14-28(18-5-2-1-3-6-18)26-23(17)21-7-4-10-33-21/h1-12,14H,13,15H2/b22-12-. The second-order valence-electron chi connectivity index (χ2n) is 7.65. The van der Waals surface area contributed by atoms with Crippen LogP contribution >= 0.6 is 35.3 Å². The minimum Gasteiger partial charge on any atom is -0.454 e. The molecule has 2 aliphatic rings. The van der Waals surface area contributed by atoms with Crippen molar-refractivity contribution in [2.75, 3.05) is 6.79 Å². The van der Waals surface area contributed by atoms with Gasteiger partial charge in [-0.1, -0.05) is 54.3 Å². The fourth-order valence-electron chi connectivity index (χ4n) is 3.81. The zero-order chi connectivity index (χ0) is 23.1. The van der Waals surface area contributed by atoms with Gasteiger partial charge >= 0.3 is 0 Å². The second-order valence-corrected chi connectivity index (χ2v) is 10.3. The van der Waals surface area contributed by atoms with E-state index >= 15 is 0 Å². The summed E-state index contributed by atoms with van der Waals surface area (Å²) in [6.07, 6.45) is 3.84. The average Bonchev–Trinajstić information content (AvgIpc) is 3.65. The maximum Gasteiger partial charge on any atom is 0.266 e. The molecule has 0 saturated carbocycles. The molecule has 0 N–H and O–H groups in total. The molecule has 0 unspecified atom stereocenters. The molecule has 6 rings (SSSR count). The largest absolute Gasteiger partial charge is 0.454 e. The Hall–Kier alpha value is -3.40. The van der Waals surface area contributed by atoms with E-state index in [-0.39, 0.29) is 12.7 Å². The molecule has 1 fully saturated rings. The highest BCUT2D eigenvalue weighted by Crippen LogP contribution is 2.38. The molecule has 0 aliphatic carbocycles. The van der Waals surface area contributed by atoms with Gasteiger partial charge in [-0.3, -0.25) is 9.69 Å². The summed E-state index contributed by atoms with van der Waals surface area (Å²) in [5.74, 6) is 1.29. The first-order valence-electron chi connectivity index (χ1n) is 10.5. The van der Waals surface area contributed by atoms with Gasteiger partial charge in [0.1, 0.15) is 10.0 Å². The van der Waals surface area contributed by atoms with Crippen LogP contribution in [0, 0.1) is 0 Å². The molecule has 2 aliphatic heterocycles. The van der Waals surface area contributed by atoms with Gasteiger partial charge in [0.15, 0.2) is 11.5 Å². The number of thioether (sulfide) groups is 1. The van der Waals surface area contributed by atoms with E-state index in [9.17, 15) is 4.79 Å². The highest BCUT2D eigenvalue weighted by molar-refractivity contribution is 8.26. The van der Waals surface area contributed by atoms with Gasteiger partial charge in [0, 0.05) is 11.8 Å². The summed E-state index contributed by atoms with van der Waals surface area (Å²) in [5.41, 5.74) is 3.59. The quantitative estimate of drug-likeness (QED) is 0.256. The SMILES string of the molecule is O=C1/C(=C/c2cn(-c3ccccc3)nc2-c2cccs2)SC(=S)N1Cc1ccc2c(c1)OCO2. The van der Waals surface area contributed by atoms with Crippen LogP contribution in [-0.2, 0) is 11.3 Å². The zero-order valence-corrected chi connectivity index (χ0v) is 20.2. The van der Waals surface area contributed by atoms with Crippen molar-refractivity contribution in [3.05, 3.63) is 88.3 Å². The lowest BCUT2D eigenvalue weighted by Gasteiger charge is -2.14. The van der Waals surface area contributed by atoms with E-state index in [2.05, 4.69) is 0 Å². The van der Waals surface area contributed by atoms with Gasteiger partial charge in [-0.2, -0.15) is 5.10 Å². The Labute approximate surface area is 209 Å². The third-order valence-electron chi connectivity index (χ3n) is 5.46. The Kier molecular flexibility index (Phi) is 5.44. The highest BCUT2D eigenvalue weighted by atomic mass is 32.2. The van der Waals surface area contributed by atoms with Crippen LogP contribution in [0.4, 0.5) is 0 Å². The van der Waals surface area contributed by atoms with Crippen LogP contribution in [0.2, 0.25) is 0 Å². The average molecular weight is 504 g/mol. The van der Waals surface area contributed by atoms with Crippen LogP contribution in [0.15, 0.2) is 77.1 Å². The van der Waals surface area contributed by atoms with Gasteiger partial charge in [0.05, 0.1) is 22.0 Å². The lowest BCUT2D eigenvalue weighted by Crippen LogP contribution is -2.27. The minimum absolute atomic E-state index is 0.114. The lowest BCUT2D eigenvalue weighted by atomic mass is 10.2. The highest BCUT2D eigenvalue weighted by Gasteiger charge is 2.33. The van der Waals surface area contributed by atoms with Crippen LogP contribution < -0.4 is 9.47 Å². The van der Waals surface area contributed by atoms with Gasteiger partial charge in [0.2, 0.25) is 6.79 Å². The molecule has 34 heavy (non-hydrogen) atoms. The summed E-state index contributed by atoms with van der Waals surface area (Å²) < 4.78 is 13.2. The molecule has 168 valence electrons. The number of thiophene rings is 1. The molecule has 4 aromatic rings. The van der Waals surface area contributed by atoms with E-state index in [1.54, 1.807) is 16.2 Å². The first kappa shape index (κ1) is 21.2. The molecular formula is C25H17N3O3S3. The Morgan fingerprint density at radius 1 is 1.06 bits per heavy atom. The number of amides is 1. The van der Waals surface area contributed by atoms with Crippen LogP contribution in [0.5, 0.6) is 11.5 Å². The number of aromatic nitrogens is 2. The first-order valence-corrected chi connectivity index (χ1v) is 12.6. The zero-order valence-electron chi connectivity index (χ0n) is 17.7. The van der Waals surface area contributed by atoms with Crippen molar-refractivity contribution in [3.63, 3.8) is 0 Å². The lowest BCUT2D eigenvalue weighted by molar-refractivity contribution is -0.122. The van der Waals surface area contributed by atoms with Gasteiger partial charge in [-0.15, -0.1) is 11.3 Å². The van der Waals surface area contributed by atoms with Crippen molar-refractivity contribution in [3.8, 4) is 27.8 Å². The number of hydrogen-bond acceptors (Lipinski definition) is 7. The fraction of sp³-hybridized carbons (Fsp3) is 0.0800. The Morgan fingerprint density at radius 3 is 2.74 bits per heavy atom. The summed E-state index contributed by atoms with van der Waals surface area (Å²) in [5, 5.41) is 6.84.